The van der Waals surface area contributed by atoms with Gasteiger partial charge in [0.05, 0.1) is 21.3 Å². The summed E-state index contributed by atoms with van der Waals surface area (Å²) in [7, 11) is 0. The van der Waals surface area contributed by atoms with Crippen molar-refractivity contribution in [2.24, 2.45) is 0 Å². The first-order valence-electron chi connectivity index (χ1n) is 8.79. The lowest BCUT2D eigenvalue weighted by Gasteiger charge is -2.08. The number of carbonyl (C=O) groups is 1. The average molecular weight is 409 g/mol. The van der Waals surface area contributed by atoms with Crippen LogP contribution in [-0.4, -0.2) is 15.8 Å². The van der Waals surface area contributed by atoms with E-state index in [1.54, 1.807) is 30.4 Å². The number of thiazole rings is 1. The van der Waals surface area contributed by atoms with Crippen molar-refractivity contribution >= 4 is 34.7 Å². The maximum atomic E-state index is 12.3. The molecule has 3 rings (SSSR count). The quantitative estimate of drug-likeness (QED) is 0.340. The maximum absolute atomic E-state index is 12.3. The first-order chi connectivity index (χ1) is 13.9. The van der Waals surface area contributed by atoms with Crippen LogP contribution in [0.4, 0.5) is 11.4 Å². The molecule has 0 atom stereocenters. The lowest BCUT2D eigenvalue weighted by Crippen LogP contribution is -2.09. The Bertz CT molecular complexity index is 1080. The van der Waals surface area contributed by atoms with E-state index in [4.69, 9.17) is 4.74 Å². The van der Waals surface area contributed by atoms with Crippen LogP contribution in [0.3, 0.4) is 0 Å². The summed E-state index contributed by atoms with van der Waals surface area (Å²) in [4.78, 5) is 27.1. The lowest BCUT2D eigenvalue weighted by molar-refractivity contribution is -0.384. The van der Waals surface area contributed by atoms with Crippen LogP contribution >= 0.6 is 11.3 Å². The first kappa shape index (κ1) is 20.2. The van der Waals surface area contributed by atoms with Crippen molar-refractivity contribution in [2.45, 2.75) is 20.5 Å². The van der Waals surface area contributed by atoms with E-state index < -0.39 is 10.8 Å². The number of amides is 1. The largest absolute Gasteiger partial charge is 0.487 e. The van der Waals surface area contributed by atoms with E-state index in [2.05, 4.69) is 10.3 Å². The second-order valence-electron chi connectivity index (χ2n) is 6.26. The number of anilines is 1. The Morgan fingerprint density at radius 1 is 1.28 bits per heavy atom. The Balaban J connectivity index is 1.69. The molecule has 0 radical (unpaired) electrons. The van der Waals surface area contributed by atoms with Gasteiger partial charge in [-0.3, -0.25) is 14.9 Å². The zero-order valence-electron chi connectivity index (χ0n) is 15.9. The highest BCUT2D eigenvalue weighted by atomic mass is 32.1. The fourth-order valence-corrected chi connectivity index (χ4v) is 3.17. The molecule has 0 aliphatic carbocycles. The Hall–Kier alpha value is -3.52. The standard InChI is InChI=1S/C21H19N3O4S/c1-14-7-9-18(24(26)27)11-19(14)23-21(25)10-8-16-5-3-4-6-20(16)28-12-17-13-29-15(2)22-17/h3-11,13H,12H2,1-2H3,(H,23,25)/b10-8+. The molecule has 0 spiro atoms. The minimum absolute atomic E-state index is 0.0779. The summed E-state index contributed by atoms with van der Waals surface area (Å²) in [6.45, 7) is 4.05. The van der Waals surface area contributed by atoms with E-state index in [-0.39, 0.29) is 5.69 Å². The number of hydrogen-bond acceptors (Lipinski definition) is 6. The fraction of sp³-hybridized carbons (Fsp3) is 0.143. The number of aryl methyl sites for hydroxylation is 2. The fourth-order valence-electron chi connectivity index (χ4n) is 2.57. The zero-order valence-corrected chi connectivity index (χ0v) is 16.7. The number of nitro groups is 1. The number of non-ortho nitro benzene ring substituents is 1. The van der Waals surface area contributed by atoms with Crippen molar-refractivity contribution in [3.05, 3.63) is 85.9 Å². The molecule has 8 heteroatoms. The van der Waals surface area contributed by atoms with Crippen molar-refractivity contribution in [1.82, 2.24) is 4.98 Å². The lowest BCUT2D eigenvalue weighted by atomic mass is 10.1. The van der Waals surface area contributed by atoms with E-state index in [9.17, 15) is 14.9 Å². The second kappa shape index (κ2) is 9.11. The number of nitro benzene ring substituents is 1. The number of nitrogens with one attached hydrogen (secondary N) is 1. The predicted molar refractivity (Wildman–Crippen MR) is 113 cm³/mol. The van der Waals surface area contributed by atoms with Gasteiger partial charge < -0.3 is 10.1 Å². The molecule has 1 aromatic heterocycles. The van der Waals surface area contributed by atoms with Gasteiger partial charge in [-0.15, -0.1) is 11.3 Å². The molecule has 0 aliphatic rings. The SMILES string of the molecule is Cc1nc(COc2ccccc2/C=C/C(=O)Nc2cc([N+](=O)[O-])ccc2C)cs1. The normalized spacial score (nSPS) is 10.8. The molecule has 0 fully saturated rings. The van der Waals surface area contributed by atoms with E-state index in [1.807, 2.05) is 36.6 Å². The Labute approximate surface area is 171 Å². The molecule has 0 bridgehead atoms. The maximum Gasteiger partial charge on any atom is 0.271 e. The van der Waals surface area contributed by atoms with E-state index >= 15 is 0 Å². The van der Waals surface area contributed by atoms with Gasteiger partial charge in [0.1, 0.15) is 12.4 Å². The molecular formula is C21H19N3O4S. The van der Waals surface area contributed by atoms with E-state index in [1.165, 1.54) is 18.2 Å². The summed E-state index contributed by atoms with van der Waals surface area (Å²) in [5.74, 6) is 0.243. The number of ether oxygens (including phenoxy) is 1. The first-order valence-corrected chi connectivity index (χ1v) is 9.67. The monoisotopic (exact) mass is 409 g/mol. The van der Waals surface area contributed by atoms with Gasteiger partial charge in [-0.25, -0.2) is 4.98 Å². The zero-order chi connectivity index (χ0) is 20.8. The number of nitrogens with zero attached hydrogens (tertiary/aromatic N) is 2. The van der Waals surface area contributed by atoms with Crippen molar-refractivity contribution < 1.29 is 14.5 Å². The van der Waals surface area contributed by atoms with Crippen LogP contribution in [0.25, 0.3) is 6.08 Å². The molecule has 29 heavy (non-hydrogen) atoms. The highest BCUT2D eigenvalue weighted by Gasteiger charge is 2.10. The molecule has 1 heterocycles. The van der Waals surface area contributed by atoms with Crippen LogP contribution in [0.2, 0.25) is 0 Å². The Morgan fingerprint density at radius 3 is 2.79 bits per heavy atom. The molecule has 0 aliphatic heterocycles. The van der Waals surface area contributed by atoms with Crippen LogP contribution < -0.4 is 10.1 Å². The molecule has 3 aromatic rings. The third-order valence-electron chi connectivity index (χ3n) is 4.07. The molecule has 1 amide bonds. The summed E-state index contributed by atoms with van der Waals surface area (Å²) < 4.78 is 5.83. The van der Waals surface area contributed by atoms with Crippen LogP contribution in [0, 0.1) is 24.0 Å². The topological polar surface area (TPSA) is 94.4 Å². The molecule has 2 aromatic carbocycles. The van der Waals surface area contributed by atoms with Crippen LogP contribution in [-0.2, 0) is 11.4 Å². The Morgan fingerprint density at radius 2 is 2.07 bits per heavy atom. The minimum atomic E-state index is -0.498. The molecule has 0 saturated heterocycles. The van der Waals surface area contributed by atoms with Crippen LogP contribution in [0.5, 0.6) is 5.75 Å². The van der Waals surface area contributed by atoms with Gasteiger partial charge in [0.25, 0.3) is 5.69 Å². The number of para-hydroxylation sites is 1. The van der Waals surface area contributed by atoms with Gasteiger partial charge in [-0.1, -0.05) is 24.3 Å². The molecule has 1 N–H and O–H groups in total. The average Bonchev–Trinajstić information content (AvgIpc) is 3.12. The third-order valence-corrected chi connectivity index (χ3v) is 4.89. The molecular weight excluding hydrogens is 390 g/mol. The highest BCUT2D eigenvalue weighted by molar-refractivity contribution is 7.09. The minimum Gasteiger partial charge on any atom is -0.487 e. The van der Waals surface area contributed by atoms with E-state index in [0.29, 0.717) is 18.0 Å². The van der Waals surface area contributed by atoms with Crippen LogP contribution in [0.1, 0.15) is 21.8 Å². The molecule has 0 unspecified atom stereocenters. The number of rotatable bonds is 7. The van der Waals surface area contributed by atoms with Crippen LogP contribution in [0.15, 0.2) is 53.9 Å². The summed E-state index contributed by atoms with van der Waals surface area (Å²) in [5.41, 5.74) is 2.65. The van der Waals surface area contributed by atoms with E-state index in [0.717, 1.165) is 21.8 Å². The van der Waals surface area contributed by atoms with Gasteiger partial charge >= 0.3 is 0 Å². The van der Waals surface area contributed by atoms with Gasteiger partial charge in [0.2, 0.25) is 5.91 Å². The third kappa shape index (κ3) is 5.49. The predicted octanol–water partition coefficient (Wildman–Crippen LogP) is 4.90. The van der Waals surface area contributed by atoms with Crippen molar-refractivity contribution in [3.63, 3.8) is 0 Å². The number of hydrogen-bond donors (Lipinski definition) is 1. The smallest absolute Gasteiger partial charge is 0.271 e. The number of carbonyl (C=O) groups excluding carboxylic acids is 1. The second-order valence-corrected chi connectivity index (χ2v) is 7.33. The highest BCUT2D eigenvalue weighted by Crippen LogP contribution is 2.23. The number of benzene rings is 2. The summed E-state index contributed by atoms with van der Waals surface area (Å²) in [6, 6.07) is 11.7. The van der Waals surface area contributed by atoms with Crippen molar-refractivity contribution in [2.75, 3.05) is 5.32 Å². The van der Waals surface area contributed by atoms with Gasteiger partial charge in [-0.2, -0.15) is 0 Å². The Kier molecular flexibility index (Phi) is 6.36. The summed E-state index contributed by atoms with van der Waals surface area (Å²) in [5, 5.41) is 16.5. The number of aromatic nitrogens is 1. The summed E-state index contributed by atoms with van der Waals surface area (Å²) in [6.07, 6.45) is 3.01. The van der Waals surface area contributed by atoms with Gasteiger partial charge in [-0.05, 0) is 31.6 Å². The van der Waals surface area contributed by atoms with Gasteiger partial charge in [0, 0.05) is 29.2 Å². The summed E-state index contributed by atoms with van der Waals surface area (Å²) >= 11 is 1.56. The molecule has 148 valence electrons. The van der Waals surface area contributed by atoms with Gasteiger partial charge in [0.15, 0.2) is 0 Å². The van der Waals surface area contributed by atoms with Crippen molar-refractivity contribution in [1.29, 1.82) is 0 Å². The molecule has 7 nitrogen and oxygen atoms in total. The molecule has 0 saturated carbocycles. The van der Waals surface area contributed by atoms with Crippen molar-refractivity contribution in [3.8, 4) is 5.75 Å².